The van der Waals surface area contributed by atoms with E-state index in [4.69, 9.17) is 4.74 Å². The molecule has 2 rings (SSSR count). The molecular weight excluding hydrogens is 258 g/mol. The summed E-state index contributed by atoms with van der Waals surface area (Å²) in [5.41, 5.74) is 1.25. The van der Waals surface area contributed by atoms with Gasteiger partial charge in [-0.1, -0.05) is 18.2 Å². The second-order valence-corrected chi connectivity index (χ2v) is 5.85. The molecule has 4 heteroatoms. The smallest absolute Gasteiger partial charge is 0.220 e. The molecule has 1 atom stereocenters. The molecule has 1 heterocycles. The van der Waals surface area contributed by atoms with Crippen molar-refractivity contribution in [2.45, 2.75) is 19.3 Å². The molecule has 19 heavy (non-hydrogen) atoms. The van der Waals surface area contributed by atoms with Crippen LogP contribution >= 0.6 is 11.8 Å². The number of fused-ring (bicyclic) bond motifs is 1. The fraction of sp³-hybridized carbons (Fsp3) is 0.533. The van der Waals surface area contributed by atoms with E-state index in [2.05, 4.69) is 11.4 Å². The molecule has 1 aliphatic heterocycles. The first-order valence-electron chi connectivity index (χ1n) is 6.76. The van der Waals surface area contributed by atoms with Crippen LogP contribution in [-0.2, 0) is 11.2 Å². The molecule has 1 N–H and O–H groups in total. The number of hydrogen-bond acceptors (Lipinski definition) is 3. The van der Waals surface area contributed by atoms with Gasteiger partial charge in [0.25, 0.3) is 0 Å². The van der Waals surface area contributed by atoms with E-state index >= 15 is 0 Å². The van der Waals surface area contributed by atoms with Gasteiger partial charge in [-0.15, -0.1) is 0 Å². The molecule has 0 saturated carbocycles. The van der Waals surface area contributed by atoms with Crippen LogP contribution in [0.15, 0.2) is 24.3 Å². The maximum absolute atomic E-state index is 11.6. The van der Waals surface area contributed by atoms with Gasteiger partial charge in [0.05, 0.1) is 6.61 Å². The van der Waals surface area contributed by atoms with E-state index in [1.807, 2.05) is 24.5 Å². The fourth-order valence-electron chi connectivity index (χ4n) is 2.28. The summed E-state index contributed by atoms with van der Waals surface area (Å²) >= 11 is 1.70. The predicted molar refractivity (Wildman–Crippen MR) is 79.8 cm³/mol. The summed E-state index contributed by atoms with van der Waals surface area (Å²) in [6.45, 7) is 1.49. The summed E-state index contributed by atoms with van der Waals surface area (Å²) in [7, 11) is 0. The summed E-state index contributed by atoms with van der Waals surface area (Å²) in [5.74, 6) is 2.52. The lowest BCUT2D eigenvalue weighted by Gasteiger charge is -2.14. The lowest BCUT2D eigenvalue weighted by atomic mass is 9.97. The van der Waals surface area contributed by atoms with E-state index in [1.165, 1.54) is 5.56 Å². The van der Waals surface area contributed by atoms with Crippen molar-refractivity contribution in [3.8, 4) is 5.75 Å². The molecule has 0 radical (unpaired) electrons. The Morgan fingerprint density at radius 2 is 2.32 bits per heavy atom. The number of carbonyl (C=O) groups is 1. The molecule has 1 amide bonds. The Morgan fingerprint density at radius 1 is 1.47 bits per heavy atom. The highest BCUT2D eigenvalue weighted by Crippen LogP contribution is 2.26. The van der Waals surface area contributed by atoms with E-state index in [0.717, 1.165) is 37.5 Å². The molecular formula is C15H21NO2S. The van der Waals surface area contributed by atoms with Crippen LogP contribution in [0.1, 0.15) is 18.4 Å². The third-order valence-electron chi connectivity index (χ3n) is 3.39. The third-order valence-corrected chi connectivity index (χ3v) is 4.00. The van der Waals surface area contributed by atoms with Crippen LogP contribution in [0.2, 0.25) is 0 Å². The van der Waals surface area contributed by atoms with Crippen LogP contribution in [0.4, 0.5) is 0 Å². The summed E-state index contributed by atoms with van der Waals surface area (Å²) in [5, 5.41) is 3.04. The van der Waals surface area contributed by atoms with Gasteiger partial charge in [-0.3, -0.25) is 4.79 Å². The topological polar surface area (TPSA) is 38.3 Å². The molecule has 104 valence electrons. The summed E-state index contributed by atoms with van der Waals surface area (Å²) in [4.78, 5) is 11.6. The standard InChI is InChI=1S/C15H21NO2S/c1-19-9-7-15(17)16-11-12-6-8-18-14-5-3-2-4-13(14)10-12/h2-5,12H,6-11H2,1H3,(H,16,17)/t12-/m0/s1. The van der Waals surface area contributed by atoms with E-state index in [-0.39, 0.29) is 5.91 Å². The lowest BCUT2D eigenvalue weighted by Crippen LogP contribution is -2.30. The molecule has 3 nitrogen and oxygen atoms in total. The SMILES string of the molecule is CSCCC(=O)NC[C@H]1CCOc2ccccc2C1. The van der Waals surface area contributed by atoms with Crippen LogP contribution in [-0.4, -0.2) is 31.1 Å². The quantitative estimate of drug-likeness (QED) is 0.900. The Kier molecular flexibility index (Phi) is 5.58. The second kappa shape index (κ2) is 7.43. The minimum absolute atomic E-state index is 0.160. The van der Waals surface area contributed by atoms with Gasteiger partial charge in [0.1, 0.15) is 5.75 Å². The van der Waals surface area contributed by atoms with Gasteiger partial charge in [-0.2, -0.15) is 11.8 Å². The van der Waals surface area contributed by atoms with Gasteiger partial charge < -0.3 is 10.1 Å². The molecule has 0 spiro atoms. The molecule has 0 aliphatic carbocycles. The van der Waals surface area contributed by atoms with E-state index in [9.17, 15) is 4.79 Å². The molecule has 1 aliphatic rings. The number of benzene rings is 1. The van der Waals surface area contributed by atoms with Crippen molar-refractivity contribution < 1.29 is 9.53 Å². The van der Waals surface area contributed by atoms with Gasteiger partial charge in [0.2, 0.25) is 5.91 Å². The van der Waals surface area contributed by atoms with Crippen LogP contribution in [0, 0.1) is 5.92 Å². The minimum Gasteiger partial charge on any atom is -0.493 e. The van der Waals surface area contributed by atoms with Gasteiger partial charge in [0.15, 0.2) is 0 Å². The molecule has 0 bridgehead atoms. The van der Waals surface area contributed by atoms with Crippen molar-refractivity contribution in [1.82, 2.24) is 5.32 Å². The Morgan fingerprint density at radius 3 is 3.16 bits per heavy atom. The highest BCUT2D eigenvalue weighted by molar-refractivity contribution is 7.98. The van der Waals surface area contributed by atoms with E-state index in [1.54, 1.807) is 11.8 Å². The number of thioether (sulfide) groups is 1. The normalized spacial score (nSPS) is 18.1. The Hall–Kier alpha value is -1.16. The van der Waals surface area contributed by atoms with Gasteiger partial charge in [-0.25, -0.2) is 0 Å². The monoisotopic (exact) mass is 279 g/mol. The lowest BCUT2D eigenvalue weighted by molar-refractivity contribution is -0.120. The largest absolute Gasteiger partial charge is 0.493 e. The number of nitrogens with one attached hydrogen (secondary N) is 1. The van der Waals surface area contributed by atoms with Crippen molar-refractivity contribution in [1.29, 1.82) is 0 Å². The molecule has 0 unspecified atom stereocenters. The summed E-state index contributed by atoms with van der Waals surface area (Å²) < 4.78 is 5.73. The number of ether oxygens (including phenoxy) is 1. The van der Waals surface area contributed by atoms with Crippen molar-refractivity contribution in [3.05, 3.63) is 29.8 Å². The number of para-hydroxylation sites is 1. The highest BCUT2D eigenvalue weighted by Gasteiger charge is 2.17. The molecule has 1 aromatic rings. The first-order valence-corrected chi connectivity index (χ1v) is 8.15. The van der Waals surface area contributed by atoms with Crippen molar-refractivity contribution in [3.63, 3.8) is 0 Å². The van der Waals surface area contributed by atoms with E-state index in [0.29, 0.717) is 12.3 Å². The predicted octanol–water partition coefficient (Wildman–Crippen LogP) is 2.50. The zero-order valence-electron chi connectivity index (χ0n) is 11.4. The van der Waals surface area contributed by atoms with Crippen molar-refractivity contribution in [2.24, 2.45) is 5.92 Å². The summed E-state index contributed by atoms with van der Waals surface area (Å²) in [6.07, 6.45) is 4.62. The number of carbonyl (C=O) groups excluding carboxylic acids is 1. The number of hydrogen-bond donors (Lipinski definition) is 1. The van der Waals surface area contributed by atoms with Crippen molar-refractivity contribution >= 4 is 17.7 Å². The van der Waals surface area contributed by atoms with Crippen LogP contribution in [0.5, 0.6) is 5.75 Å². The maximum atomic E-state index is 11.6. The zero-order chi connectivity index (χ0) is 13.5. The Labute approximate surface area is 119 Å². The van der Waals surface area contributed by atoms with Crippen molar-refractivity contribution in [2.75, 3.05) is 25.2 Å². The number of rotatable bonds is 5. The maximum Gasteiger partial charge on any atom is 0.220 e. The van der Waals surface area contributed by atoms with Crippen LogP contribution in [0.3, 0.4) is 0 Å². The molecule has 0 fully saturated rings. The minimum atomic E-state index is 0.160. The van der Waals surface area contributed by atoms with E-state index < -0.39 is 0 Å². The average molecular weight is 279 g/mol. The highest BCUT2D eigenvalue weighted by atomic mass is 32.2. The number of amides is 1. The van der Waals surface area contributed by atoms with Gasteiger partial charge in [-0.05, 0) is 36.6 Å². The Bertz CT molecular complexity index is 422. The second-order valence-electron chi connectivity index (χ2n) is 4.86. The third kappa shape index (κ3) is 4.46. The molecule has 0 aromatic heterocycles. The average Bonchev–Trinajstić information content (AvgIpc) is 2.64. The molecule has 1 aromatic carbocycles. The fourth-order valence-corrected chi connectivity index (χ4v) is 2.67. The first kappa shape index (κ1) is 14.3. The first-order chi connectivity index (χ1) is 9.29. The Balaban J connectivity index is 1.84. The van der Waals surface area contributed by atoms with Crippen LogP contribution < -0.4 is 10.1 Å². The summed E-state index contributed by atoms with van der Waals surface area (Å²) in [6, 6.07) is 8.18. The van der Waals surface area contributed by atoms with Gasteiger partial charge in [0, 0.05) is 18.7 Å². The zero-order valence-corrected chi connectivity index (χ0v) is 12.2. The van der Waals surface area contributed by atoms with Gasteiger partial charge >= 0.3 is 0 Å². The molecule has 0 saturated heterocycles. The van der Waals surface area contributed by atoms with Crippen LogP contribution in [0.25, 0.3) is 0 Å².